The van der Waals surface area contributed by atoms with Crippen molar-refractivity contribution in [2.24, 2.45) is 0 Å². The normalized spacial score (nSPS) is 39.0. The average Bonchev–Trinajstić information content (AvgIpc) is 2.05. The van der Waals surface area contributed by atoms with Crippen molar-refractivity contribution in [1.82, 2.24) is 0 Å². The zero-order valence-corrected chi connectivity index (χ0v) is 7.42. The molecule has 11 heavy (non-hydrogen) atoms. The summed E-state index contributed by atoms with van der Waals surface area (Å²) in [5.41, 5.74) is -0.160. The van der Waals surface area contributed by atoms with Crippen LogP contribution in [0.5, 0.6) is 0 Å². The molecule has 0 aliphatic carbocycles. The minimum absolute atomic E-state index is 0.0706. The highest BCUT2D eigenvalue weighted by Crippen LogP contribution is 2.25. The van der Waals surface area contributed by atoms with Crippen LogP contribution in [0.4, 0.5) is 0 Å². The molecule has 0 spiro atoms. The molecule has 1 saturated heterocycles. The minimum Gasteiger partial charge on any atom is -0.379 e. The van der Waals surface area contributed by atoms with Crippen molar-refractivity contribution in [3.63, 3.8) is 0 Å². The van der Waals surface area contributed by atoms with Crippen LogP contribution in [-0.4, -0.2) is 39.1 Å². The molecule has 3 nitrogen and oxygen atoms in total. The number of ether oxygens (including phenoxy) is 3. The molecule has 0 amide bonds. The Morgan fingerprint density at radius 1 is 1.45 bits per heavy atom. The maximum absolute atomic E-state index is 5.38. The summed E-state index contributed by atoms with van der Waals surface area (Å²) in [5, 5.41) is 0. The summed E-state index contributed by atoms with van der Waals surface area (Å²) < 4.78 is 15.9. The molecule has 2 unspecified atom stereocenters. The fourth-order valence-corrected chi connectivity index (χ4v) is 1.35. The lowest BCUT2D eigenvalue weighted by molar-refractivity contribution is -0.170. The monoisotopic (exact) mass is 160 g/mol. The SMILES string of the molecule is COC1COCCC1(C)OC. The molecule has 0 bridgehead atoms. The van der Waals surface area contributed by atoms with E-state index in [1.807, 2.05) is 0 Å². The van der Waals surface area contributed by atoms with Gasteiger partial charge in [-0.1, -0.05) is 0 Å². The maximum Gasteiger partial charge on any atom is 0.109 e. The van der Waals surface area contributed by atoms with Crippen LogP contribution >= 0.6 is 0 Å². The molecule has 0 aromatic rings. The van der Waals surface area contributed by atoms with E-state index in [1.54, 1.807) is 14.2 Å². The summed E-state index contributed by atoms with van der Waals surface area (Å²) in [6.45, 7) is 3.47. The second-order valence-electron chi connectivity index (χ2n) is 3.07. The van der Waals surface area contributed by atoms with Crippen LogP contribution in [0.15, 0.2) is 0 Å². The molecular formula is C8H16O3. The first kappa shape index (κ1) is 8.97. The molecule has 1 rings (SSSR count). The van der Waals surface area contributed by atoms with Crippen LogP contribution in [0.3, 0.4) is 0 Å². The standard InChI is InChI=1S/C8H16O3/c1-8(10-3)4-5-11-6-7(8)9-2/h7H,4-6H2,1-3H3. The van der Waals surface area contributed by atoms with Crippen molar-refractivity contribution < 1.29 is 14.2 Å². The third-order valence-electron chi connectivity index (χ3n) is 2.44. The van der Waals surface area contributed by atoms with Gasteiger partial charge in [0.05, 0.1) is 12.2 Å². The molecular weight excluding hydrogens is 144 g/mol. The number of hydrogen-bond acceptors (Lipinski definition) is 3. The van der Waals surface area contributed by atoms with Crippen LogP contribution in [0.25, 0.3) is 0 Å². The van der Waals surface area contributed by atoms with Crippen molar-refractivity contribution in [2.75, 3.05) is 27.4 Å². The number of rotatable bonds is 2. The van der Waals surface area contributed by atoms with Gasteiger partial charge in [0.15, 0.2) is 0 Å². The first-order valence-corrected chi connectivity index (χ1v) is 3.88. The molecule has 0 aromatic carbocycles. The molecule has 0 aromatic heterocycles. The van der Waals surface area contributed by atoms with Crippen molar-refractivity contribution in [3.8, 4) is 0 Å². The van der Waals surface area contributed by atoms with Gasteiger partial charge >= 0.3 is 0 Å². The first-order chi connectivity index (χ1) is 5.23. The van der Waals surface area contributed by atoms with Crippen LogP contribution in [0, 0.1) is 0 Å². The van der Waals surface area contributed by atoms with Crippen LogP contribution < -0.4 is 0 Å². The fraction of sp³-hybridized carbons (Fsp3) is 1.00. The van der Waals surface area contributed by atoms with E-state index in [9.17, 15) is 0 Å². The zero-order chi connectivity index (χ0) is 8.32. The highest BCUT2D eigenvalue weighted by Gasteiger charge is 2.37. The van der Waals surface area contributed by atoms with Crippen molar-refractivity contribution in [3.05, 3.63) is 0 Å². The zero-order valence-electron chi connectivity index (χ0n) is 7.42. The van der Waals surface area contributed by atoms with Crippen molar-refractivity contribution >= 4 is 0 Å². The Kier molecular flexibility index (Phi) is 2.87. The van der Waals surface area contributed by atoms with Crippen molar-refractivity contribution in [1.29, 1.82) is 0 Å². The third-order valence-corrected chi connectivity index (χ3v) is 2.44. The predicted molar refractivity (Wildman–Crippen MR) is 41.6 cm³/mol. The largest absolute Gasteiger partial charge is 0.379 e. The van der Waals surface area contributed by atoms with Crippen molar-refractivity contribution in [2.45, 2.75) is 25.0 Å². The summed E-state index contributed by atoms with van der Waals surface area (Å²) in [6, 6.07) is 0. The van der Waals surface area contributed by atoms with E-state index in [1.165, 1.54) is 0 Å². The van der Waals surface area contributed by atoms with E-state index < -0.39 is 0 Å². The predicted octanol–water partition coefficient (Wildman–Crippen LogP) is 0.827. The highest BCUT2D eigenvalue weighted by molar-refractivity contribution is 4.87. The number of methoxy groups -OCH3 is 2. The molecule has 3 heteroatoms. The summed E-state index contributed by atoms with van der Waals surface area (Å²) in [4.78, 5) is 0. The summed E-state index contributed by atoms with van der Waals surface area (Å²) >= 11 is 0. The third kappa shape index (κ3) is 1.72. The van der Waals surface area contributed by atoms with Gasteiger partial charge in [-0.25, -0.2) is 0 Å². The topological polar surface area (TPSA) is 27.7 Å². The Balaban J connectivity index is 2.57. The Hall–Kier alpha value is -0.120. The van der Waals surface area contributed by atoms with Gasteiger partial charge in [0.2, 0.25) is 0 Å². The van der Waals surface area contributed by atoms with Gasteiger partial charge in [0, 0.05) is 27.2 Å². The van der Waals surface area contributed by atoms with Crippen LogP contribution in [-0.2, 0) is 14.2 Å². The second-order valence-corrected chi connectivity index (χ2v) is 3.07. The molecule has 66 valence electrons. The van der Waals surface area contributed by atoms with Gasteiger partial charge in [-0.15, -0.1) is 0 Å². The Morgan fingerprint density at radius 3 is 2.64 bits per heavy atom. The second kappa shape index (κ2) is 3.52. The lowest BCUT2D eigenvalue weighted by Gasteiger charge is -2.38. The molecule has 0 N–H and O–H groups in total. The Labute approximate surface area is 67.6 Å². The first-order valence-electron chi connectivity index (χ1n) is 3.88. The van der Waals surface area contributed by atoms with Gasteiger partial charge in [-0.3, -0.25) is 0 Å². The van der Waals surface area contributed by atoms with Gasteiger partial charge in [0.1, 0.15) is 6.10 Å². The smallest absolute Gasteiger partial charge is 0.109 e. The average molecular weight is 160 g/mol. The quantitative estimate of drug-likeness (QED) is 0.598. The van der Waals surface area contributed by atoms with E-state index in [0.717, 1.165) is 13.0 Å². The molecule has 1 aliphatic rings. The molecule has 1 heterocycles. The van der Waals surface area contributed by atoms with E-state index in [-0.39, 0.29) is 11.7 Å². The lowest BCUT2D eigenvalue weighted by atomic mass is 9.93. The van der Waals surface area contributed by atoms with Gasteiger partial charge < -0.3 is 14.2 Å². The molecule has 0 radical (unpaired) electrons. The Morgan fingerprint density at radius 2 is 2.18 bits per heavy atom. The molecule has 2 atom stereocenters. The van der Waals surface area contributed by atoms with E-state index in [2.05, 4.69) is 6.92 Å². The van der Waals surface area contributed by atoms with Gasteiger partial charge in [0.25, 0.3) is 0 Å². The Bertz CT molecular complexity index is 127. The van der Waals surface area contributed by atoms with Crippen LogP contribution in [0.2, 0.25) is 0 Å². The maximum atomic E-state index is 5.38. The fourth-order valence-electron chi connectivity index (χ4n) is 1.35. The van der Waals surface area contributed by atoms with Gasteiger partial charge in [-0.05, 0) is 6.92 Å². The lowest BCUT2D eigenvalue weighted by Crippen LogP contribution is -2.49. The van der Waals surface area contributed by atoms with E-state index >= 15 is 0 Å². The minimum atomic E-state index is -0.160. The van der Waals surface area contributed by atoms with Crippen LogP contribution in [0.1, 0.15) is 13.3 Å². The van der Waals surface area contributed by atoms with Gasteiger partial charge in [-0.2, -0.15) is 0 Å². The number of hydrogen-bond donors (Lipinski definition) is 0. The molecule has 1 aliphatic heterocycles. The molecule has 1 fully saturated rings. The summed E-state index contributed by atoms with van der Waals surface area (Å²) in [6.07, 6.45) is 0.975. The molecule has 0 saturated carbocycles. The summed E-state index contributed by atoms with van der Waals surface area (Å²) in [5.74, 6) is 0. The van der Waals surface area contributed by atoms with E-state index in [4.69, 9.17) is 14.2 Å². The highest BCUT2D eigenvalue weighted by atomic mass is 16.6. The van der Waals surface area contributed by atoms with E-state index in [0.29, 0.717) is 6.61 Å². The summed E-state index contributed by atoms with van der Waals surface area (Å²) in [7, 11) is 3.41.